The van der Waals surface area contributed by atoms with E-state index in [9.17, 15) is 24.6 Å². The first-order chi connectivity index (χ1) is 19.9. The van der Waals surface area contributed by atoms with Gasteiger partial charge in [-0.1, -0.05) is 37.3 Å². The second-order valence-corrected chi connectivity index (χ2v) is 9.79. The number of rotatable bonds is 8. The van der Waals surface area contributed by atoms with Crippen LogP contribution in [0.25, 0.3) is 0 Å². The Hall–Kier alpha value is -4.43. The van der Waals surface area contributed by atoms with E-state index in [1.54, 1.807) is 54.6 Å². The quantitative estimate of drug-likeness (QED) is 0.395. The highest BCUT2D eigenvalue weighted by atomic mass is 16.6. The molecule has 0 aromatic heterocycles. The van der Waals surface area contributed by atoms with Crippen molar-refractivity contribution in [1.29, 1.82) is 0 Å². The van der Waals surface area contributed by atoms with Crippen LogP contribution in [0.4, 0.5) is 0 Å². The van der Waals surface area contributed by atoms with Gasteiger partial charge in [0.1, 0.15) is 30.3 Å². The molecule has 5 atom stereocenters. The van der Waals surface area contributed by atoms with Crippen molar-refractivity contribution in [3.8, 4) is 0 Å². The van der Waals surface area contributed by atoms with Crippen molar-refractivity contribution in [3.05, 3.63) is 82.8 Å². The summed E-state index contributed by atoms with van der Waals surface area (Å²) in [6.07, 6.45) is -1.62. The van der Waals surface area contributed by atoms with Gasteiger partial charge in [0.05, 0.1) is 24.1 Å². The molecule has 2 aromatic carbocycles. The molecule has 0 spiro atoms. The van der Waals surface area contributed by atoms with E-state index in [0.29, 0.717) is 18.6 Å². The first kappa shape index (κ1) is 26.8. The Morgan fingerprint density at radius 3 is 2.37 bits per heavy atom. The second kappa shape index (κ2) is 10.9. The monoisotopic (exact) mass is 560 g/mol. The Morgan fingerprint density at radius 2 is 1.71 bits per heavy atom. The van der Waals surface area contributed by atoms with Gasteiger partial charge in [-0.05, 0) is 30.7 Å². The smallest absolute Gasteiger partial charge is 0.280 e. The van der Waals surface area contributed by atoms with Crippen LogP contribution < -0.4 is 5.32 Å². The highest BCUT2D eigenvalue weighted by Crippen LogP contribution is 2.37. The van der Waals surface area contributed by atoms with Gasteiger partial charge in [0.25, 0.3) is 17.7 Å². The van der Waals surface area contributed by atoms with E-state index in [1.165, 1.54) is 22.6 Å². The maximum atomic E-state index is 13.4. The molecule has 4 aliphatic rings. The zero-order valence-electron chi connectivity index (χ0n) is 22.0. The van der Waals surface area contributed by atoms with E-state index >= 15 is 0 Å². The maximum Gasteiger partial charge on any atom is 0.280 e. The normalized spacial score (nSPS) is 26.7. The Balaban J connectivity index is 1.36. The molecule has 3 N–H and O–H groups in total. The minimum absolute atomic E-state index is 0.0976. The van der Waals surface area contributed by atoms with Gasteiger partial charge in [-0.3, -0.25) is 14.4 Å². The Kier molecular flexibility index (Phi) is 7.09. The number of ether oxygens (including phenoxy) is 2. The van der Waals surface area contributed by atoms with Gasteiger partial charge < -0.3 is 29.9 Å². The molecule has 0 radical (unpaired) electrons. The average molecular weight is 561 g/mol. The molecule has 2 aromatic rings. The van der Waals surface area contributed by atoms with Crippen molar-refractivity contribution in [2.75, 3.05) is 13.2 Å². The van der Waals surface area contributed by atoms with Crippen molar-refractivity contribution in [2.45, 2.75) is 44.1 Å². The molecule has 4 aliphatic heterocycles. The van der Waals surface area contributed by atoms with Crippen molar-refractivity contribution in [3.63, 3.8) is 0 Å². The zero-order valence-corrected chi connectivity index (χ0v) is 22.0. The molecule has 13 heteroatoms. The molecule has 0 bridgehead atoms. The third kappa shape index (κ3) is 4.48. The number of amides is 3. The molecule has 41 heavy (non-hydrogen) atoms. The third-order valence-corrected chi connectivity index (χ3v) is 7.22. The standard InChI is InChI=1S/C28H28N6O7/c1-2-12-40-22-19(13-35)41-28(21(22)36)32-14-29-20-23(31-24(37)16-8-4-3-5-9-16)30-15-33(25(20)32)34-26(38)17-10-6-7-11-18(17)27(34)39/h3-11,14-15,19,21-22,25,28,35-36H,2,12-13H2,1H3,(H,31,37)/t19-,21-,22-,25?,28-/m1/s1. The topological polar surface area (TPSA) is 157 Å². The number of nitrogens with one attached hydrogen (secondary N) is 1. The predicted molar refractivity (Wildman–Crippen MR) is 144 cm³/mol. The number of hydrogen-bond acceptors (Lipinski definition) is 11. The summed E-state index contributed by atoms with van der Waals surface area (Å²) in [4.78, 5) is 50.2. The van der Waals surface area contributed by atoms with Crippen LogP contribution in [0.5, 0.6) is 0 Å². The summed E-state index contributed by atoms with van der Waals surface area (Å²) in [5.74, 6) is -1.46. The molecule has 1 fully saturated rings. The van der Waals surface area contributed by atoms with E-state index in [4.69, 9.17) is 9.47 Å². The number of carbonyl (C=O) groups excluding carboxylic acids is 3. The summed E-state index contributed by atoms with van der Waals surface area (Å²) in [6.45, 7) is 1.87. The lowest BCUT2D eigenvalue weighted by Gasteiger charge is -2.41. The lowest BCUT2D eigenvalue weighted by atomic mass is 10.1. The number of aliphatic imine (C=N–C) groups is 2. The minimum Gasteiger partial charge on any atom is -0.394 e. The van der Waals surface area contributed by atoms with Crippen LogP contribution in [-0.2, 0) is 9.47 Å². The van der Waals surface area contributed by atoms with E-state index in [1.807, 2.05) is 6.92 Å². The Bertz CT molecular complexity index is 1430. The number of aliphatic hydroxyl groups is 2. The van der Waals surface area contributed by atoms with Crippen LogP contribution in [0.2, 0.25) is 0 Å². The number of carbonyl (C=O) groups is 3. The molecule has 212 valence electrons. The fraction of sp³-hybridized carbons (Fsp3) is 0.321. The molecule has 6 rings (SSSR count). The average Bonchev–Trinajstić information content (AvgIpc) is 3.65. The van der Waals surface area contributed by atoms with Gasteiger partial charge in [-0.15, -0.1) is 0 Å². The van der Waals surface area contributed by atoms with E-state index in [0.717, 1.165) is 5.01 Å². The van der Waals surface area contributed by atoms with Gasteiger partial charge in [0.2, 0.25) is 0 Å². The summed E-state index contributed by atoms with van der Waals surface area (Å²) < 4.78 is 11.8. The van der Waals surface area contributed by atoms with E-state index in [-0.39, 0.29) is 22.6 Å². The van der Waals surface area contributed by atoms with Gasteiger partial charge in [-0.25, -0.2) is 15.0 Å². The summed E-state index contributed by atoms with van der Waals surface area (Å²) in [5, 5.41) is 26.2. The highest BCUT2D eigenvalue weighted by molar-refractivity contribution is 6.21. The van der Waals surface area contributed by atoms with Crippen LogP contribution in [-0.4, -0.2) is 99.4 Å². The van der Waals surface area contributed by atoms with Crippen LogP contribution in [0.15, 0.2) is 76.1 Å². The van der Waals surface area contributed by atoms with Crippen molar-refractivity contribution in [1.82, 2.24) is 20.2 Å². The fourth-order valence-electron chi connectivity index (χ4n) is 5.28. The lowest BCUT2D eigenvalue weighted by molar-refractivity contribution is -0.101. The summed E-state index contributed by atoms with van der Waals surface area (Å²) in [5.41, 5.74) is 1.07. The largest absolute Gasteiger partial charge is 0.394 e. The van der Waals surface area contributed by atoms with Crippen molar-refractivity contribution >= 4 is 30.4 Å². The minimum atomic E-state index is -1.21. The number of benzene rings is 2. The van der Waals surface area contributed by atoms with Crippen LogP contribution in [0.1, 0.15) is 44.4 Å². The molecule has 3 amide bonds. The van der Waals surface area contributed by atoms with Gasteiger partial charge in [0, 0.05) is 12.2 Å². The first-order valence-corrected chi connectivity index (χ1v) is 13.2. The third-order valence-electron chi connectivity index (χ3n) is 7.22. The summed E-state index contributed by atoms with van der Waals surface area (Å²) in [7, 11) is 0. The molecular weight excluding hydrogens is 532 g/mol. The maximum absolute atomic E-state index is 13.4. The van der Waals surface area contributed by atoms with E-state index in [2.05, 4.69) is 15.3 Å². The second-order valence-electron chi connectivity index (χ2n) is 9.79. The molecular formula is C28H28N6O7. The highest BCUT2D eigenvalue weighted by Gasteiger charge is 2.53. The molecule has 4 heterocycles. The zero-order chi connectivity index (χ0) is 28.7. The van der Waals surface area contributed by atoms with Gasteiger partial charge >= 0.3 is 0 Å². The van der Waals surface area contributed by atoms with Gasteiger partial charge in [0.15, 0.2) is 18.2 Å². The summed E-state index contributed by atoms with van der Waals surface area (Å²) in [6, 6.07) is 15.0. The number of imide groups is 1. The number of nitrogens with zero attached hydrogens (tertiary/aromatic N) is 5. The number of fused-ring (bicyclic) bond motifs is 2. The first-order valence-electron chi connectivity index (χ1n) is 13.2. The van der Waals surface area contributed by atoms with Crippen molar-refractivity contribution < 1.29 is 34.1 Å². The number of hydrazine groups is 1. The molecule has 0 saturated carbocycles. The lowest BCUT2D eigenvalue weighted by Crippen LogP contribution is -2.60. The summed E-state index contributed by atoms with van der Waals surface area (Å²) >= 11 is 0. The predicted octanol–water partition coefficient (Wildman–Crippen LogP) is 0.684. The van der Waals surface area contributed by atoms with Crippen LogP contribution >= 0.6 is 0 Å². The molecule has 1 saturated heterocycles. The molecule has 0 aliphatic carbocycles. The van der Waals surface area contributed by atoms with Crippen LogP contribution in [0.3, 0.4) is 0 Å². The SMILES string of the molecule is CCCO[C@H]1[C@@H](O)[C@H](N2C=NC3=C(NC(=O)c4ccccc4)N=CN(N4C(=O)c5ccccc5C4=O)C32)O[C@@H]1CO. The number of hydrogen-bond donors (Lipinski definition) is 3. The molecule has 13 nitrogen and oxygen atoms in total. The Labute approximate surface area is 235 Å². The van der Waals surface area contributed by atoms with Crippen molar-refractivity contribution in [2.24, 2.45) is 9.98 Å². The Morgan fingerprint density at radius 1 is 1.02 bits per heavy atom. The van der Waals surface area contributed by atoms with E-state index < -0.39 is 55.0 Å². The number of aliphatic hydroxyl groups excluding tert-OH is 2. The fourth-order valence-corrected chi connectivity index (χ4v) is 5.28. The van der Waals surface area contributed by atoms with Gasteiger partial charge in [-0.2, -0.15) is 5.01 Å². The van der Waals surface area contributed by atoms with Crippen LogP contribution in [0, 0.1) is 0 Å². The molecule has 1 unspecified atom stereocenters.